The molecule has 1 fully saturated rings. The minimum atomic E-state index is -0.293. The molecule has 1 aliphatic carbocycles. The summed E-state index contributed by atoms with van der Waals surface area (Å²) in [5.41, 5.74) is 1.41. The van der Waals surface area contributed by atoms with Crippen LogP contribution in [0.2, 0.25) is 0 Å². The molecule has 5 nitrogen and oxygen atoms in total. The molecule has 0 saturated heterocycles. The van der Waals surface area contributed by atoms with Gasteiger partial charge in [-0.05, 0) is 48.7 Å². The molecule has 28 heavy (non-hydrogen) atoms. The fourth-order valence-electron chi connectivity index (χ4n) is 3.32. The summed E-state index contributed by atoms with van der Waals surface area (Å²) in [7, 11) is 0. The Labute approximate surface area is 163 Å². The van der Waals surface area contributed by atoms with Crippen LogP contribution >= 0.6 is 0 Å². The molecule has 146 valence electrons. The Morgan fingerprint density at radius 2 is 1.68 bits per heavy atom. The van der Waals surface area contributed by atoms with Crippen molar-refractivity contribution in [2.24, 2.45) is 0 Å². The SMILES string of the molecule is O=C(CCC(=O)N(Cc1ccc(F)cc1)C1CC1)c1ccc2c(c1)OCCO2. The van der Waals surface area contributed by atoms with Crippen LogP contribution in [0.15, 0.2) is 42.5 Å². The number of nitrogens with zero attached hydrogens (tertiary/aromatic N) is 1. The van der Waals surface area contributed by atoms with Crippen molar-refractivity contribution in [2.75, 3.05) is 13.2 Å². The van der Waals surface area contributed by atoms with E-state index in [1.807, 2.05) is 4.90 Å². The van der Waals surface area contributed by atoms with Crippen molar-refractivity contribution in [2.45, 2.75) is 38.3 Å². The predicted molar refractivity (Wildman–Crippen MR) is 101 cm³/mol. The van der Waals surface area contributed by atoms with Crippen molar-refractivity contribution in [1.82, 2.24) is 4.90 Å². The summed E-state index contributed by atoms with van der Waals surface area (Å²) in [5, 5.41) is 0. The largest absolute Gasteiger partial charge is 0.486 e. The summed E-state index contributed by atoms with van der Waals surface area (Å²) in [6.07, 6.45) is 2.25. The summed E-state index contributed by atoms with van der Waals surface area (Å²) in [5.74, 6) is 0.774. The molecule has 1 saturated carbocycles. The van der Waals surface area contributed by atoms with E-state index in [9.17, 15) is 14.0 Å². The average Bonchev–Trinajstić information content (AvgIpc) is 3.56. The highest BCUT2D eigenvalue weighted by Crippen LogP contribution is 2.32. The quantitative estimate of drug-likeness (QED) is 0.684. The van der Waals surface area contributed by atoms with Gasteiger partial charge in [0, 0.05) is 31.0 Å². The Hall–Kier alpha value is -2.89. The van der Waals surface area contributed by atoms with Gasteiger partial charge in [-0.25, -0.2) is 4.39 Å². The molecule has 0 aromatic heterocycles. The number of hydrogen-bond donors (Lipinski definition) is 0. The van der Waals surface area contributed by atoms with Crippen LogP contribution in [0.5, 0.6) is 11.5 Å². The van der Waals surface area contributed by atoms with Gasteiger partial charge in [0.25, 0.3) is 0 Å². The molecule has 1 amide bonds. The van der Waals surface area contributed by atoms with Crippen molar-refractivity contribution in [3.05, 3.63) is 59.4 Å². The minimum absolute atomic E-state index is 0.0438. The number of hydrogen-bond acceptors (Lipinski definition) is 4. The number of halogens is 1. The highest BCUT2D eigenvalue weighted by atomic mass is 19.1. The Balaban J connectivity index is 1.36. The third kappa shape index (κ3) is 4.32. The lowest BCUT2D eigenvalue weighted by Gasteiger charge is -2.22. The van der Waals surface area contributed by atoms with Crippen LogP contribution in [0, 0.1) is 5.82 Å². The maximum atomic E-state index is 13.1. The van der Waals surface area contributed by atoms with E-state index in [4.69, 9.17) is 9.47 Å². The molecule has 1 heterocycles. The Morgan fingerprint density at radius 3 is 2.39 bits per heavy atom. The normalized spacial score (nSPS) is 15.2. The van der Waals surface area contributed by atoms with Crippen LogP contribution in [-0.2, 0) is 11.3 Å². The van der Waals surface area contributed by atoms with Crippen LogP contribution in [-0.4, -0.2) is 35.8 Å². The summed E-state index contributed by atoms with van der Waals surface area (Å²) >= 11 is 0. The van der Waals surface area contributed by atoms with Crippen molar-refractivity contribution in [1.29, 1.82) is 0 Å². The van der Waals surface area contributed by atoms with Crippen molar-refractivity contribution in [3.63, 3.8) is 0 Å². The average molecular weight is 383 g/mol. The summed E-state index contributed by atoms with van der Waals surface area (Å²) in [6.45, 7) is 1.41. The smallest absolute Gasteiger partial charge is 0.223 e. The maximum Gasteiger partial charge on any atom is 0.223 e. The first-order valence-corrected chi connectivity index (χ1v) is 9.57. The lowest BCUT2D eigenvalue weighted by molar-refractivity contribution is -0.132. The lowest BCUT2D eigenvalue weighted by Crippen LogP contribution is -2.32. The second-order valence-electron chi connectivity index (χ2n) is 7.16. The van der Waals surface area contributed by atoms with Gasteiger partial charge >= 0.3 is 0 Å². The molecule has 0 atom stereocenters. The van der Waals surface area contributed by atoms with Crippen LogP contribution in [0.25, 0.3) is 0 Å². The van der Waals surface area contributed by atoms with Crippen LogP contribution < -0.4 is 9.47 Å². The molecule has 0 spiro atoms. The number of amides is 1. The second-order valence-corrected chi connectivity index (χ2v) is 7.16. The lowest BCUT2D eigenvalue weighted by atomic mass is 10.0. The van der Waals surface area contributed by atoms with Gasteiger partial charge in [-0.3, -0.25) is 9.59 Å². The molecule has 2 aromatic rings. The molecular formula is C22H22FNO4. The fourth-order valence-corrected chi connectivity index (χ4v) is 3.32. The minimum Gasteiger partial charge on any atom is -0.486 e. The van der Waals surface area contributed by atoms with Gasteiger partial charge in [-0.1, -0.05) is 12.1 Å². The number of fused-ring (bicyclic) bond motifs is 1. The molecule has 6 heteroatoms. The maximum absolute atomic E-state index is 13.1. The monoisotopic (exact) mass is 383 g/mol. The predicted octanol–water partition coefficient (Wildman–Crippen LogP) is 3.75. The number of ketones is 1. The van der Waals surface area contributed by atoms with E-state index in [1.54, 1.807) is 30.3 Å². The Kier molecular flexibility index (Phi) is 5.28. The third-order valence-electron chi connectivity index (χ3n) is 5.00. The Bertz CT molecular complexity index is 877. The van der Waals surface area contributed by atoms with E-state index in [2.05, 4.69) is 0 Å². The van der Waals surface area contributed by atoms with Crippen molar-refractivity contribution >= 4 is 11.7 Å². The van der Waals surface area contributed by atoms with E-state index in [1.165, 1.54) is 12.1 Å². The van der Waals surface area contributed by atoms with Crippen LogP contribution in [0.3, 0.4) is 0 Å². The summed E-state index contributed by atoms with van der Waals surface area (Å²) in [4.78, 5) is 27.1. The standard InChI is InChI=1S/C22H22FNO4/c23-17-4-1-15(2-5-17)14-24(18-6-7-18)22(26)10-8-19(25)16-3-9-20-21(13-16)28-12-11-27-20/h1-5,9,13,18H,6-8,10-12,14H2. The highest BCUT2D eigenvalue weighted by molar-refractivity contribution is 5.98. The van der Waals surface area contributed by atoms with Crippen molar-refractivity contribution in [3.8, 4) is 11.5 Å². The van der Waals surface area contributed by atoms with E-state index in [0.29, 0.717) is 36.8 Å². The zero-order valence-electron chi connectivity index (χ0n) is 15.5. The zero-order valence-corrected chi connectivity index (χ0v) is 15.5. The summed E-state index contributed by atoms with van der Waals surface area (Å²) < 4.78 is 24.1. The van der Waals surface area contributed by atoms with E-state index < -0.39 is 0 Å². The third-order valence-corrected chi connectivity index (χ3v) is 5.00. The van der Waals surface area contributed by atoms with Crippen LogP contribution in [0.1, 0.15) is 41.6 Å². The number of carbonyl (C=O) groups is 2. The van der Waals surface area contributed by atoms with Gasteiger partial charge in [0.1, 0.15) is 19.0 Å². The van der Waals surface area contributed by atoms with E-state index >= 15 is 0 Å². The van der Waals surface area contributed by atoms with Gasteiger partial charge in [0.2, 0.25) is 5.91 Å². The molecule has 0 N–H and O–H groups in total. The molecule has 2 aromatic carbocycles. The van der Waals surface area contributed by atoms with Crippen LogP contribution in [0.4, 0.5) is 4.39 Å². The molecule has 0 unspecified atom stereocenters. The molecule has 4 rings (SSSR count). The number of Topliss-reactive ketones (excluding diaryl/α,β-unsaturated/α-hetero) is 1. The van der Waals surface area contributed by atoms with Gasteiger partial charge in [0.05, 0.1) is 0 Å². The number of benzene rings is 2. The molecular weight excluding hydrogens is 361 g/mol. The Morgan fingerprint density at radius 1 is 0.964 bits per heavy atom. The number of carbonyl (C=O) groups excluding carboxylic acids is 2. The summed E-state index contributed by atoms with van der Waals surface area (Å²) in [6, 6.07) is 11.5. The van der Waals surface area contributed by atoms with Gasteiger partial charge in [-0.2, -0.15) is 0 Å². The first-order valence-electron chi connectivity index (χ1n) is 9.57. The van der Waals surface area contributed by atoms with Gasteiger partial charge in [0.15, 0.2) is 17.3 Å². The fraction of sp³-hybridized carbons (Fsp3) is 0.364. The molecule has 0 bridgehead atoms. The molecule has 0 radical (unpaired) electrons. The second kappa shape index (κ2) is 8.00. The molecule has 2 aliphatic rings. The zero-order chi connectivity index (χ0) is 19.5. The van der Waals surface area contributed by atoms with Gasteiger partial charge in [-0.15, -0.1) is 0 Å². The topological polar surface area (TPSA) is 55.8 Å². The van der Waals surface area contributed by atoms with Gasteiger partial charge < -0.3 is 14.4 Å². The first kappa shape index (κ1) is 18.5. The van der Waals surface area contributed by atoms with Crippen molar-refractivity contribution < 1.29 is 23.5 Å². The highest BCUT2D eigenvalue weighted by Gasteiger charge is 2.32. The molecule has 1 aliphatic heterocycles. The van der Waals surface area contributed by atoms with E-state index in [0.717, 1.165) is 18.4 Å². The number of ether oxygens (including phenoxy) is 2. The van der Waals surface area contributed by atoms with E-state index in [-0.39, 0.29) is 36.4 Å². The number of rotatable bonds is 7. The first-order chi connectivity index (χ1) is 13.6.